The fraction of sp³-hybridized carbons (Fsp3) is 0.308. The predicted octanol–water partition coefficient (Wildman–Crippen LogP) is 3.62. The van der Waals surface area contributed by atoms with Crippen LogP contribution in [0.2, 0.25) is 0 Å². The Labute approximate surface area is 85.7 Å². The van der Waals surface area contributed by atoms with Gasteiger partial charge in [-0.2, -0.15) is 5.26 Å². The summed E-state index contributed by atoms with van der Waals surface area (Å²) in [6.07, 6.45) is 4.20. The number of allylic oxidation sites excluding steroid dienone is 1. The Morgan fingerprint density at radius 2 is 2.00 bits per heavy atom. The SMILES string of the molecule is CC(C)(C)C=Cc1cccc(C#N)c1. The summed E-state index contributed by atoms with van der Waals surface area (Å²) in [4.78, 5) is 0. The molecule has 0 amide bonds. The van der Waals surface area contributed by atoms with Crippen molar-refractivity contribution in [3.8, 4) is 6.07 Å². The third-order valence-electron chi connectivity index (χ3n) is 1.79. The molecular weight excluding hydrogens is 170 g/mol. The molecule has 0 radical (unpaired) electrons. The molecule has 0 heterocycles. The van der Waals surface area contributed by atoms with Crippen molar-refractivity contribution in [1.82, 2.24) is 0 Å². The maximum absolute atomic E-state index is 8.72. The molecular formula is C13H15N. The maximum Gasteiger partial charge on any atom is 0.0991 e. The molecule has 0 N–H and O–H groups in total. The van der Waals surface area contributed by atoms with Crippen molar-refractivity contribution in [3.63, 3.8) is 0 Å². The van der Waals surface area contributed by atoms with Crippen LogP contribution in [0.25, 0.3) is 6.08 Å². The second-order valence-corrected chi connectivity index (χ2v) is 4.44. The van der Waals surface area contributed by atoms with Crippen LogP contribution in [0.5, 0.6) is 0 Å². The van der Waals surface area contributed by atoms with Crippen LogP contribution in [0.1, 0.15) is 31.9 Å². The number of benzene rings is 1. The van der Waals surface area contributed by atoms with E-state index in [9.17, 15) is 0 Å². The highest BCUT2D eigenvalue weighted by Crippen LogP contribution is 2.17. The van der Waals surface area contributed by atoms with E-state index < -0.39 is 0 Å². The third-order valence-corrected chi connectivity index (χ3v) is 1.79. The van der Waals surface area contributed by atoms with E-state index in [1.165, 1.54) is 0 Å². The summed E-state index contributed by atoms with van der Waals surface area (Å²) in [5.74, 6) is 0. The monoisotopic (exact) mass is 185 g/mol. The van der Waals surface area contributed by atoms with E-state index in [0.717, 1.165) is 5.56 Å². The van der Waals surface area contributed by atoms with Crippen LogP contribution in [0.15, 0.2) is 30.3 Å². The zero-order valence-electron chi connectivity index (χ0n) is 8.91. The summed E-state index contributed by atoms with van der Waals surface area (Å²) >= 11 is 0. The third kappa shape index (κ3) is 3.45. The quantitative estimate of drug-likeness (QED) is 0.655. The number of hydrogen-bond donors (Lipinski definition) is 0. The fourth-order valence-electron chi connectivity index (χ4n) is 1.06. The van der Waals surface area contributed by atoms with E-state index in [1.807, 2.05) is 24.3 Å². The first kappa shape index (κ1) is 10.5. The van der Waals surface area contributed by atoms with Gasteiger partial charge in [0.25, 0.3) is 0 Å². The van der Waals surface area contributed by atoms with Gasteiger partial charge >= 0.3 is 0 Å². The normalized spacial score (nSPS) is 11.6. The summed E-state index contributed by atoms with van der Waals surface area (Å²) in [7, 11) is 0. The van der Waals surface area contributed by atoms with Crippen molar-refractivity contribution in [2.24, 2.45) is 5.41 Å². The van der Waals surface area contributed by atoms with Crippen molar-refractivity contribution in [2.75, 3.05) is 0 Å². The molecule has 0 aliphatic carbocycles. The van der Waals surface area contributed by atoms with Gasteiger partial charge in [-0.25, -0.2) is 0 Å². The highest BCUT2D eigenvalue weighted by atomic mass is 14.2. The molecule has 0 spiro atoms. The Kier molecular flexibility index (Phi) is 3.09. The molecule has 0 atom stereocenters. The second kappa shape index (κ2) is 4.11. The molecule has 1 heteroatoms. The van der Waals surface area contributed by atoms with Crippen LogP contribution in [-0.2, 0) is 0 Å². The lowest BCUT2D eigenvalue weighted by molar-refractivity contribution is 0.547. The first-order chi connectivity index (χ1) is 6.51. The standard InChI is InChI=1S/C13H15N/c1-13(2,3)8-7-11-5-4-6-12(9-11)10-14/h4-9H,1-3H3. The summed E-state index contributed by atoms with van der Waals surface area (Å²) in [5, 5.41) is 8.72. The Balaban J connectivity index is 2.89. The van der Waals surface area contributed by atoms with Gasteiger partial charge in [0.1, 0.15) is 0 Å². The highest BCUT2D eigenvalue weighted by Gasteiger charge is 2.03. The van der Waals surface area contributed by atoms with Crippen molar-refractivity contribution < 1.29 is 0 Å². The van der Waals surface area contributed by atoms with Gasteiger partial charge in [0.2, 0.25) is 0 Å². The molecule has 0 unspecified atom stereocenters. The van der Waals surface area contributed by atoms with Crippen LogP contribution >= 0.6 is 0 Å². The lowest BCUT2D eigenvalue weighted by atomic mass is 9.95. The van der Waals surface area contributed by atoms with Gasteiger partial charge in [0.05, 0.1) is 11.6 Å². The van der Waals surface area contributed by atoms with Crippen LogP contribution in [0.4, 0.5) is 0 Å². The van der Waals surface area contributed by atoms with Crippen LogP contribution in [0.3, 0.4) is 0 Å². The van der Waals surface area contributed by atoms with Gasteiger partial charge < -0.3 is 0 Å². The summed E-state index contributed by atoms with van der Waals surface area (Å²) < 4.78 is 0. The molecule has 0 bridgehead atoms. The zero-order valence-corrected chi connectivity index (χ0v) is 8.91. The lowest BCUT2D eigenvalue weighted by Gasteiger charge is -2.10. The molecule has 0 aliphatic rings. The van der Waals surface area contributed by atoms with E-state index in [2.05, 4.69) is 39.0 Å². The molecule has 0 fully saturated rings. The number of hydrogen-bond acceptors (Lipinski definition) is 1. The van der Waals surface area contributed by atoms with Crippen molar-refractivity contribution in [1.29, 1.82) is 5.26 Å². The molecule has 0 saturated heterocycles. The van der Waals surface area contributed by atoms with E-state index in [1.54, 1.807) is 0 Å². The molecule has 14 heavy (non-hydrogen) atoms. The Morgan fingerprint density at radius 1 is 1.29 bits per heavy atom. The average Bonchev–Trinajstić information content (AvgIpc) is 2.14. The van der Waals surface area contributed by atoms with Crippen molar-refractivity contribution >= 4 is 6.08 Å². The van der Waals surface area contributed by atoms with Crippen LogP contribution in [0, 0.1) is 16.7 Å². The largest absolute Gasteiger partial charge is 0.192 e. The Hall–Kier alpha value is -1.55. The molecule has 0 aromatic heterocycles. The van der Waals surface area contributed by atoms with Gasteiger partial charge in [-0.05, 0) is 23.1 Å². The van der Waals surface area contributed by atoms with Gasteiger partial charge in [0, 0.05) is 0 Å². The zero-order chi connectivity index (χ0) is 10.6. The Bertz CT molecular complexity index is 375. The van der Waals surface area contributed by atoms with Crippen LogP contribution < -0.4 is 0 Å². The molecule has 1 aromatic carbocycles. The first-order valence-electron chi connectivity index (χ1n) is 4.71. The predicted molar refractivity (Wildman–Crippen MR) is 59.6 cm³/mol. The summed E-state index contributed by atoms with van der Waals surface area (Å²) in [6.45, 7) is 6.45. The van der Waals surface area contributed by atoms with E-state index in [-0.39, 0.29) is 5.41 Å². The minimum absolute atomic E-state index is 0.183. The van der Waals surface area contributed by atoms with Crippen LogP contribution in [-0.4, -0.2) is 0 Å². The van der Waals surface area contributed by atoms with E-state index in [0.29, 0.717) is 5.56 Å². The molecule has 0 saturated carbocycles. The minimum atomic E-state index is 0.183. The molecule has 72 valence electrons. The van der Waals surface area contributed by atoms with Gasteiger partial charge in [-0.3, -0.25) is 0 Å². The smallest absolute Gasteiger partial charge is 0.0991 e. The molecule has 1 aromatic rings. The molecule has 0 aliphatic heterocycles. The molecule has 1 rings (SSSR count). The van der Waals surface area contributed by atoms with E-state index >= 15 is 0 Å². The van der Waals surface area contributed by atoms with Gasteiger partial charge in [-0.15, -0.1) is 0 Å². The molecule has 1 nitrogen and oxygen atoms in total. The number of nitriles is 1. The maximum atomic E-state index is 8.72. The fourth-order valence-corrected chi connectivity index (χ4v) is 1.06. The topological polar surface area (TPSA) is 23.8 Å². The van der Waals surface area contributed by atoms with Gasteiger partial charge in [-0.1, -0.05) is 45.1 Å². The second-order valence-electron chi connectivity index (χ2n) is 4.44. The number of rotatable bonds is 1. The van der Waals surface area contributed by atoms with E-state index in [4.69, 9.17) is 5.26 Å². The lowest BCUT2D eigenvalue weighted by Crippen LogP contribution is -1.97. The Morgan fingerprint density at radius 3 is 2.57 bits per heavy atom. The van der Waals surface area contributed by atoms with Gasteiger partial charge in [0.15, 0.2) is 0 Å². The summed E-state index contributed by atoms with van der Waals surface area (Å²) in [6, 6.07) is 9.74. The number of nitrogens with zero attached hydrogens (tertiary/aromatic N) is 1. The first-order valence-corrected chi connectivity index (χ1v) is 4.71. The summed E-state index contributed by atoms with van der Waals surface area (Å²) in [5.41, 5.74) is 1.97. The van der Waals surface area contributed by atoms with Crippen molar-refractivity contribution in [2.45, 2.75) is 20.8 Å². The van der Waals surface area contributed by atoms with Crippen molar-refractivity contribution in [3.05, 3.63) is 41.5 Å². The minimum Gasteiger partial charge on any atom is -0.192 e. The average molecular weight is 185 g/mol. The highest BCUT2D eigenvalue weighted by molar-refractivity contribution is 5.52.